The lowest BCUT2D eigenvalue weighted by atomic mass is 10.2. The van der Waals surface area contributed by atoms with E-state index in [1.165, 1.54) is 14.8 Å². The summed E-state index contributed by atoms with van der Waals surface area (Å²) in [6.45, 7) is 4.26. The van der Waals surface area contributed by atoms with E-state index in [0.717, 1.165) is 15.9 Å². The van der Waals surface area contributed by atoms with Gasteiger partial charge < -0.3 is 5.32 Å². The van der Waals surface area contributed by atoms with E-state index >= 15 is 0 Å². The molecule has 2 aromatic rings. The van der Waals surface area contributed by atoms with Crippen molar-refractivity contribution in [2.24, 2.45) is 0 Å². The Bertz CT molecular complexity index is 537. The molecule has 1 N–H and O–H groups in total. The largest absolute Gasteiger partial charge is 0.312 e. The average molecular weight is 357 g/mol. The lowest BCUT2D eigenvalue weighted by molar-refractivity contribution is 0.658. The van der Waals surface area contributed by atoms with Crippen molar-refractivity contribution < 1.29 is 0 Å². The van der Waals surface area contributed by atoms with Crippen LogP contribution < -0.4 is 5.32 Å². The van der Waals surface area contributed by atoms with Gasteiger partial charge in [-0.3, -0.25) is 0 Å². The maximum absolute atomic E-state index is 4.66. The van der Waals surface area contributed by atoms with Gasteiger partial charge in [0.15, 0.2) is 0 Å². The molecule has 2 rings (SSSR count). The summed E-state index contributed by atoms with van der Waals surface area (Å²) in [5.74, 6) is 0.934. The molecule has 0 aliphatic heterocycles. The Morgan fingerprint density at radius 2 is 2.05 bits per heavy atom. The first-order valence-corrected chi connectivity index (χ1v) is 8.71. The summed E-state index contributed by atoms with van der Waals surface area (Å²) < 4.78 is 1.12. The third kappa shape index (κ3) is 4.05. The van der Waals surface area contributed by atoms with E-state index in [4.69, 9.17) is 0 Å². The summed E-state index contributed by atoms with van der Waals surface area (Å²) in [5, 5.41) is 4.47. The quantitative estimate of drug-likeness (QED) is 0.779. The normalized spacial score (nSPS) is 12.6. The number of rotatable bonds is 5. The number of hydrogen-bond donors (Lipinski definition) is 1. The van der Waals surface area contributed by atoms with Crippen LogP contribution in [0.2, 0.25) is 0 Å². The number of thioether (sulfide) groups is 1. The molecule has 2 nitrogen and oxygen atoms in total. The fourth-order valence-electron chi connectivity index (χ4n) is 1.74. The van der Waals surface area contributed by atoms with E-state index in [1.807, 2.05) is 30.1 Å². The number of hydrogen-bond acceptors (Lipinski definition) is 4. The van der Waals surface area contributed by atoms with Gasteiger partial charge in [-0.05, 0) is 45.2 Å². The minimum absolute atomic E-state index is 0.379. The van der Waals surface area contributed by atoms with Crippen LogP contribution in [-0.2, 0) is 5.75 Å². The van der Waals surface area contributed by atoms with Gasteiger partial charge in [0.2, 0.25) is 0 Å². The number of nitrogens with one attached hydrogen (secondary N) is 1. The zero-order valence-electron chi connectivity index (χ0n) is 11.2. The summed E-state index contributed by atoms with van der Waals surface area (Å²) in [6, 6.07) is 8.79. The lowest BCUT2D eigenvalue weighted by Gasteiger charge is -2.06. The number of nitrogens with zero attached hydrogens (tertiary/aromatic N) is 1. The Hall–Kier alpha value is -0.360. The minimum atomic E-state index is 0.379. The summed E-state index contributed by atoms with van der Waals surface area (Å²) in [5.41, 5.74) is 1.15. The molecule has 0 saturated heterocycles. The molecule has 0 spiro atoms. The average Bonchev–Trinajstić information content (AvgIpc) is 2.78. The van der Waals surface area contributed by atoms with E-state index < -0.39 is 0 Å². The molecule has 1 aromatic heterocycles. The molecule has 0 amide bonds. The van der Waals surface area contributed by atoms with Crippen LogP contribution in [-0.4, -0.2) is 12.0 Å². The zero-order valence-corrected chi connectivity index (χ0v) is 14.5. The van der Waals surface area contributed by atoms with E-state index in [2.05, 4.69) is 64.3 Å². The van der Waals surface area contributed by atoms with E-state index in [-0.39, 0.29) is 0 Å². The second kappa shape index (κ2) is 6.88. The van der Waals surface area contributed by atoms with Crippen LogP contribution in [0.25, 0.3) is 0 Å². The van der Waals surface area contributed by atoms with Crippen LogP contribution in [0.4, 0.5) is 0 Å². The highest BCUT2D eigenvalue weighted by atomic mass is 79.9. The molecule has 0 aliphatic carbocycles. The van der Waals surface area contributed by atoms with Gasteiger partial charge in [0, 0.05) is 20.3 Å². The summed E-state index contributed by atoms with van der Waals surface area (Å²) in [4.78, 5) is 7.28. The van der Waals surface area contributed by atoms with E-state index in [9.17, 15) is 0 Å². The van der Waals surface area contributed by atoms with E-state index in [1.54, 1.807) is 0 Å². The van der Waals surface area contributed by atoms with Gasteiger partial charge in [-0.15, -0.1) is 23.1 Å². The fourth-order valence-corrected chi connectivity index (χ4v) is 4.02. The van der Waals surface area contributed by atoms with Gasteiger partial charge in [0.1, 0.15) is 5.01 Å². The summed E-state index contributed by atoms with van der Waals surface area (Å²) in [6.07, 6.45) is 0. The molecule has 1 aromatic carbocycles. The Morgan fingerprint density at radius 1 is 1.37 bits per heavy atom. The van der Waals surface area contributed by atoms with Crippen LogP contribution in [0.3, 0.4) is 0 Å². The van der Waals surface area contributed by atoms with Crippen LogP contribution in [0.1, 0.15) is 28.5 Å². The van der Waals surface area contributed by atoms with Crippen molar-refractivity contribution >= 4 is 39.0 Å². The molecule has 0 aliphatic rings. The van der Waals surface area contributed by atoms with Gasteiger partial charge in [0.05, 0.1) is 11.4 Å². The highest BCUT2D eigenvalue weighted by Crippen LogP contribution is 2.30. The first-order chi connectivity index (χ1) is 9.10. The smallest absolute Gasteiger partial charge is 0.103 e. The van der Waals surface area contributed by atoms with Gasteiger partial charge >= 0.3 is 0 Å². The molecule has 5 heteroatoms. The Labute approximate surface area is 131 Å². The number of thiazole rings is 1. The minimum Gasteiger partial charge on any atom is -0.312 e. The highest BCUT2D eigenvalue weighted by Gasteiger charge is 2.12. The molecule has 0 saturated carbocycles. The molecular formula is C14H17BrN2S2. The molecule has 102 valence electrons. The molecule has 0 radical (unpaired) electrons. The third-order valence-corrected chi connectivity index (χ3v) is 5.95. The molecule has 1 unspecified atom stereocenters. The van der Waals surface area contributed by atoms with E-state index in [0.29, 0.717) is 6.04 Å². The van der Waals surface area contributed by atoms with Crippen molar-refractivity contribution in [2.75, 3.05) is 7.05 Å². The van der Waals surface area contributed by atoms with Crippen LogP contribution in [0.15, 0.2) is 33.6 Å². The predicted octanol–water partition coefficient (Wildman–Crippen LogP) is 4.79. The first-order valence-electron chi connectivity index (χ1n) is 6.12. The third-order valence-electron chi connectivity index (χ3n) is 2.88. The Kier molecular flexibility index (Phi) is 5.45. The monoisotopic (exact) mass is 356 g/mol. The van der Waals surface area contributed by atoms with Crippen LogP contribution in [0, 0.1) is 6.92 Å². The molecule has 0 fully saturated rings. The van der Waals surface area contributed by atoms with Crippen molar-refractivity contribution in [1.82, 2.24) is 10.3 Å². The Morgan fingerprint density at radius 3 is 2.68 bits per heavy atom. The highest BCUT2D eigenvalue weighted by molar-refractivity contribution is 9.10. The number of halogens is 1. The van der Waals surface area contributed by atoms with Crippen LogP contribution >= 0.6 is 39.0 Å². The van der Waals surface area contributed by atoms with Crippen molar-refractivity contribution in [1.29, 1.82) is 0 Å². The second-order valence-corrected chi connectivity index (χ2v) is 7.39. The van der Waals surface area contributed by atoms with Gasteiger partial charge in [-0.25, -0.2) is 4.98 Å². The fraction of sp³-hybridized carbons (Fsp3) is 0.357. The summed E-state index contributed by atoms with van der Waals surface area (Å²) >= 11 is 7.09. The maximum Gasteiger partial charge on any atom is 0.103 e. The Balaban J connectivity index is 2.02. The van der Waals surface area contributed by atoms with Gasteiger partial charge in [0.25, 0.3) is 0 Å². The second-order valence-electron chi connectivity index (χ2n) is 4.31. The van der Waals surface area contributed by atoms with Gasteiger partial charge in [-0.1, -0.05) is 15.9 Å². The standard InChI is InChI=1S/C14H17BrN2S2/c1-9(16-3)14-10(2)17-13(19-14)8-18-12-6-4-11(15)5-7-12/h4-7,9,16H,8H2,1-3H3. The summed E-state index contributed by atoms with van der Waals surface area (Å²) in [7, 11) is 1.99. The number of aromatic nitrogens is 1. The number of aryl methyl sites for hydroxylation is 1. The lowest BCUT2D eigenvalue weighted by Crippen LogP contribution is -2.11. The van der Waals surface area contributed by atoms with Gasteiger partial charge in [-0.2, -0.15) is 0 Å². The molecule has 19 heavy (non-hydrogen) atoms. The van der Waals surface area contributed by atoms with Crippen molar-refractivity contribution in [3.63, 3.8) is 0 Å². The van der Waals surface area contributed by atoms with Crippen molar-refractivity contribution in [2.45, 2.75) is 30.5 Å². The topological polar surface area (TPSA) is 24.9 Å². The molecule has 0 bridgehead atoms. The van der Waals surface area contributed by atoms with Crippen LogP contribution in [0.5, 0.6) is 0 Å². The molecule has 1 atom stereocenters. The predicted molar refractivity (Wildman–Crippen MR) is 88.0 cm³/mol. The first kappa shape index (κ1) is 15.0. The SMILES string of the molecule is CNC(C)c1sc(CSc2ccc(Br)cc2)nc1C. The van der Waals surface area contributed by atoms with Crippen molar-refractivity contribution in [3.05, 3.63) is 44.3 Å². The molecular weight excluding hydrogens is 340 g/mol. The van der Waals surface area contributed by atoms with Crippen molar-refractivity contribution in [3.8, 4) is 0 Å². The molecule has 1 heterocycles. The maximum atomic E-state index is 4.66. The number of benzene rings is 1. The zero-order chi connectivity index (χ0) is 13.8.